The van der Waals surface area contributed by atoms with Crippen LogP contribution in [0.1, 0.15) is 18.4 Å². The molecule has 0 aromatic heterocycles. The van der Waals surface area contributed by atoms with Crippen molar-refractivity contribution in [2.24, 2.45) is 0 Å². The van der Waals surface area contributed by atoms with Gasteiger partial charge in [0.05, 0.1) is 0 Å². The van der Waals surface area contributed by atoms with Crippen LogP contribution in [0.2, 0.25) is 0 Å². The number of aryl methyl sites for hydroxylation is 1. The maximum atomic E-state index is 13.1. The van der Waals surface area contributed by atoms with Gasteiger partial charge in [0.2, 0.25) is 0 Å². The SMILES string of the molecule is C=CCCCNc1ccc(C)c(F)c1. The number of anilines is 1. The van der Waals surface area contributed by atoms with Crippen LogP contribution < -0.4 is 5.32 Å². The van der Waals surface area contributed by atoms with E-state index in [0.29, 0.717) is 5.56 Å². The lowest BCUT2D eigenvalue weighted by Crippen LogP contribution is -2.01. The second-order valence-corrected chi connectivity index (χ2v) is 3.32. The van der Waals surface area contributed by atoms with Crippen LogP contribution in [0.5, 0.6) is 0 Å². The molecule has 14 heavy (non-hydrogen) atoms. The van der Waals surface area contributed by atoms with Crippen LogP contribution in [0.3, 0.4) is 0 Å². The Morgan fingerprint density at radius 2 is 2.29 bits per heavy atom. The molecule has 1 aromatic rings. The number of hydrogen-bond acceptors (Lipinski definition) is 1. The normalized spacial score (nSPS) is 9.86. The van der Waals surface area contributed by atoms with Gasteiger partial charge in [-0.05, 0) is 37.5 Å². The molecule has 0 spiro atoms. The number of unbranched alkanes of at least 4 members (excludes halogenated alkanes) is 1. The Bertz CT molecular complexity index is 307. The minimum Gasteiger partial charge on any atom is -0.385 e. The van der Waals surface area contributed by atoms with Gasteiger partial charge in [-0.25, -0.2) is 4.39 Å². The number of nitrogens with one attached hydrogen (secondary N) is 1. The van der Waals surface area contributed by atoms with E-state index in [0.717, 1.165) is 25.1 Å². The van der Waals surface area contributed by atoms with Gasteiger partial charge in [-0.1, -0.05) is 12.1 Å². The van der Waals surface area contributed by atoms with Crippen molar-refractivity contribution in [3.8, 4) is 0 Å². The lowest BCUT2D eigenvalue weighted by molar-refractivity contribution is 0.619. The van der Waals surface area contributed by atoms with Gasteiger partial charge in [-0.3, -0.25) is 0 Å². The van der Waals surface area contributed by atoms with E-state index in [1.54, 1.807) is 13.0 Å². The second-order valence-electron chi connectivity index (χ2n) is 3.32. The first kappa shape index (κ1) is 10.8. The van der Waals surface area contributed by atoms with Crippen molar-refractivity contribution in [2.45, 2.75) is 19.8 Å². The molecule has 1 N–H and O–H groups in total. The zero-order valence-corrected chi connectivity index (χ0v) is 8.52. The van der Waals surface area contributed by atoms with Crippen LogP contribution in [0.25, 0.3) is 0 Å². The summed E-state index contributed by atoms with van der Waals surface area (Å²) >= 11 is 0. The monoisotopic (exact) mass is 193 g/mol. The van der Waals surface area contributed by atoms with Gasteiger partial charge in [0, 0.05) is 12.2 Å². The Morgan fingerprint density at radius 3 is 2.93 bits per heavy atom. The predicted octanol–water partition coefficient (Wildman–Crippen LogP) is 3.51. The number of allylic oxidation sites excluding steroid dienone is 1. The van der Waals surface area contributed by atoms with E-state index in [4.69, 9.17) is 0 Å². The van der Waals surface area contributed by atoms with Crippen LogP contribution in [-0.4, -0.2) is 6.54 Å². The van der Waals surface area contributed by atoms with E-state index >= 15 is 0 Å². The fraction of sp³-hybridized carbons (Fsp3) is 0.333. The van der Waals surface area contributed by atoms with Gasteiger partial charge in [0.1, 0.15) is 5.82 Å². The van der Waals surface area contributed by atoms with E-state index in [9.17, 15) is 4.39 Å². The Kier molecular flexibility index (Phi) is 4.17. The summed E-state index contributed by atoms with van der Waals surface area (Å²) in [6, 6.07) is 5.21. The summed E-state index contributed by atoms with van der Waals surface area (Å²) in [6.45, 7) is 6.26. The molecule has 0 heterocycles. The largest absolute Gasteiger partial charge is 0.385 e. The van der Waals surface area contributed by atoms with Gasteiger partial charge in [-0.2, -0.15) is 0 Å². The fourth-order valence-corrected chi connectivity index (χ4v) is 1.18. The van der Waals surface area contributed by atoms with Crippen LogP contribution >= 0.6 is 0 Å². The van der Waals surface area contributed by atoms with Crippen LogP contribution in [0, 0.1) is 12.7 Å². The highest BCUT2D eigenvalue weighted by Crippen LogP contribution is 2.13. The molecule has 1 nitrogen and oxygen atoms in total. The first-order chi connectivity index (χ1) is 6.74. The molecule has 1 aromatic carbocycles. The molecule has 0 aliphatic carbocycles. The summed E-state index contributed by atoms with van der Waals surface area (Å²) in [4.78, 5) is 0. The Morgan fingerprint density at radius 1 is 1.50 bits per heavy atom. The summed E-state index contributed by atoms with van der Waals surface area (Å²) in [7, 11) is 0. The molecule has 0 aliphatic heterocycles. The van der Waals surface area contributed by atoms with E-state index in [-0.39, 0.29) is 5.82 Å². The van der Waals surface area contributed by atoms with Gasteiger partial charge in [0.25, 0.3) is 0 Å². The van der Waals surface area contributed by atoms with Crippen LogP contribution in [-0.2, 0) is 0 Å². The fourth-order valence-electron chi connectivity index (χ4n) is 1.18. The average Bonchev–Trinajstić information content (AvgIpc) is 2.18. The first-order valence-electron chi connectivity index (χ1n) is 4.85. The summed E-state index contributed by atoms with van der Waals surface area (Å²) < 4.78 is 13.1. The summed E-state index contributed by atoms with van der Waals surface area (Å²) in [5, 5.41) is 3.16. The van der Waals surface area contributed by atoms with E-state index in [2.05, 4.69) is 11.9 Å². The molecule has 0 aliphatic rings. The molecular weight excluding hydrogens is 177 g/mol. The molecule has 0 bridgehead atoms. The van der Waals surface area contributed by atoms with Crippen molar-refractivity contribution >= 4 is 5.69 Å². The van der Waals surface area contributed by atoms with Crippen molar-refractivity contribution < 1.29 is 4.39 Å². The predicted molar refractivity (Wildman–Crippen MR) is 59.1 cm³/mol. The second kappa shape index (κ2) is 5.43. The summed E-state index contributed by atoms with van der Waals surface area (Å²) in [5.74, 6) is -0.154. The van der Waals surface area contributed by atoms with Crippen molar-refractivity contribution in [3.63, 3.8) is 0 Å². The van der Waals surface area contributed by atoms with E-state index in [1.165, 1.54) is 6.07 Å². The van der Waals surface area contributed by atoms with Crippen molar-refractivity contribution in [1.82, 2.24) is 0 Å². The third-order valence-corrected chi connectivity index (χ3v) is 2.09. The van der Waals surface area contributed by atoms with Crippen molar-refractivity contribution in [3.05, 3.63) is 42.2 Å². The number of rotatable bonds is 5. The highest BCUT2D eigenvalue weighted by atomic mass is 19.1. The molecule has 2 heteroatoms. The molecule has 0 saturated carbocycles. The standard InChI is InChI=1S/C12H16FN/c1-3-4-5-8-14-11-7-6-10(2)12(13)9-11/h3,6-7,9,14H,1,4-5,8H2,2H3. The van der Waals surface area contributed by atoms with Gasteiger partial charge < -0.3 is 5.32 Å². The number of halogens is 1. The highest BCUT2D eigenvalue weighted by molar-refractivity contribution is 5.44. The lowest BCUT2D eigenvalue weighted by atomic mass is 10.2. The number of hydrogen-bond donors (Lipinski definition) is 1. The molecule has 0 amide bonds. The Labute approximate surface area is 84.6 Å². The molecule has 0 unspecified atom stereocenters. The Hall–Kier alpha value is -1.31. The zero-order chi connectivity index (χ0) is 10.4. The molecule has 1 rings (SSSR count). The summed E-state index contributed by atoms with van der Waals surface area (Å²) in [6.07, 6.45) is 3.90. The van der Waals surface area contributed by atoms with Gasteiger partial charge in [-0.15, -0.1) is 6.58 Å². The van der Waals surface area contributed by atoms with E-state index in [1.807, 2.05) is 12.1 Å². The summed E-state index contributed by atoms with van der Waals surface area (Å²) in [5.41, 5.74) is 1.53. The molecule has 0 saturated heterocycles. The smallest absolute Gasteiger partial charge is 0.128 e. The molecule has 0 fully saturated rings. The maximum absolute atomic E-state index is 13.1. The minimum atomic E-state index is -0.154. The Balaban J connectivity index is 2.43. The maximum Gasteiger partial charge on any atom is 0.128 e. The molecule has 0 atom stereocenters. The first-order valence-corrected chi connectivity index (χ1v) is 4.85. The van der Waals surface area contributed by atoms with Gasteiger partial charge >= 0.3 is 0 Å². The van der Waals surface area contributed by atoms with Crippen LogP contribution in [0.4, 0.5) is 10.1 Å². The third kappa shape index (κ3) is 3.21. The van der Waals surface area contributed by atoms with Gasteiger partial charge in [0.15, 0.2) is 0 Å². The quantitative estimate of drug-likeness (QED) is 0.557. The van der Waals surface area contributed by atoms with E-state index < -0.39 is 0 Å². The highest BCUT2D eigenvalue weighted by Gasteiger charge is 1.97. The molecule has 0 radical (unpaired) electrons. The van der Waals surface area contributed by atoms with Crippen LogP contribution in [0.15, 0.2) is 30.9 Å². The third-order valence-electron chi connectivity index (χ3n) is 2.09. The molecule has 76 valence electrons. The lowest BCUT2D eigenvalue weighted by Gasteiger charge is -2.06. The average molecular weight is 193 g/mol. The van der Waals surface area contributed by atoms with Crippen molar-refractivity contribution in [1.29, 1.82) is 0 Å². The topological polar surface area (TPSA) is 12.0 Å². The zero-order valence-electron chi connectivity index (χ0n) is 8.52. The number of benzene rings is 1. The minimum absolute atomic E-state index is 0.154. The van der Waals surface area contributed by atoms with Crippen molar-refractivity contribution in [2.75, 3.05) is 11.9 Å². The molecular formula is C12H16FN.